The van der Waals surface area contributed by atoms with Crippen LogP contribution in [0.15, 0.2) is 24.3 Å². The van der Waals surface area contributed by atoms with Crippen LogP contribution in [-0.4, -0.2) is 30.1 Å². The zero-order chi connectivity index (χ0) is 16.8. The number of carbonyl (C=O) groups is 2. The molecule has 0 spiro atoms. The fourth-order valence-corrected chi connectivity index (χ4v) is 2.00. The summed E-state index contributed by atoms with van der Waals surface area (Å²) >= 11 is 0. The van der Waals surface area contributed by atoms with E-state index in [0.29, 0.717) is 18.6 Å². The highest BCUT2D eigenvalue weighted by molar-refractivity contribution is 5.96. The number of carboxylic acids is 1. The molecule has 0 aromatic heterocycles. The van der Waals surface area contributed by atoms with Crippen molar-refractivity contribution in [3.8, 4) is 0 Å². The predicted octanol–water partition coefficient (Wildman–Crippen LogP) is 2.84. The molecular formula is C17H25NO4. The lowest BCUT2D eigenvalue weighted by Gasteiger charge is -2.21. The summed E-state index contributed by atoms with van der Waals surface area (Å²) in [5.41, 5.74) is 1.43. The second kappa shape index (κ2) is 7.94. The van der Waals surface area contributed by atoms with Gasteiger partial charge in [-0.2, -0.15) is 0 Å². The summed E-state index contributed by atoms with van der Waals surface area (Å²) in [6, 6.07) is 6.07. The molecule has 1 aromatic carbocycles. The average Bonchev–Trinajstić information content (AvgIpc) is 2.43. The molecule has 0 fully saturated rings. The molecule has 1 rings (SSSR count). The molecule has 0 aliphatic carbocycles. The maximum absolute atomic E-state index is 12.1. The Kier molecular flexibility index (Phi) is 6.56. The van der Waals surface area contributed by atoms with Crippen molar-refractivity contribution < 1.29 is 19.4 Å². The number of hydrogen-bond acceptors (Lipinski definition) is 3. The maximum Gasteiger partial charge on any atom is 0.326 e. The summed E-state index contributed by atoms with van der Waals surface area (Å²) < 4.78 is 5.01. The third-order valence-corrected chi connectivity index (χ3v) is 3.31. The van der Waals surface area contributed by atoms with Gasteiger partial charge in [-0.05, 0) is 36.0 Å². The largest absolute Gasteiger partial charge is 0.480 e. The van der Waals surface area contributed by atoms with Gasteiger partial charge in [-0.3, -0.25) is 4.79 Å². The molecule has 1 amide bonds. The fourth-order valence-electron chi connectivity index (χ4n) is 2.00. The van der Waals surface area contributed by atoms with E-state index in [1.54, 1.807) is 31.4 Å². The van der Waals surface area contributed by atoms with Crippen LogP contribution >= 0.6 is 0 Å². The van der Waals surface area contributed by atoms with Crippen molar-refractivity contribution in [1.82, 2.24) is 5.32 Å². The number of benzene rings is 1. The van der Waals surface area contributed by atoms with E-state index < -0.39 is 12.0 Å². The summed E-state index contributed by atoms with van der Waals surface area (Å²) in [5, 5.41) is 11.8. The molecule has 0 saturated carbocycles. The molecule has 5 heteroatoms. The van der Waals surface area contributed by atoms with Crippen molar-refractivity contribution in [2.24, 2.45) is 5.41 Å². The first-order chi connectivity index (χ1) is 10.2. The lowest BCUT2D eigenvalue weighted by molar-refractivity contribution is -0.139. The van der Waals surface area contributed by atoms with Gasteiger partial charge < -0.3 is 15.2 Å². The number of ether oxygens (including phenoxy) is 1. The quantitative estimate of drug-likeness (QED) is 0.812. The first-order valence-electron chi connectivity index (χ1n) is 7.34. The number of rotatable bonds is 7. The molecule has 0 bridgehead atoms. The van der Waals surface area contributed by atoms with Crippen molar-refractivity contribution in [2.75, 3.05) is 7.11 Å². The number of carboxylic acid groups (broad SMARTS) is 1. The van der Waals surface area contributed by atoms with Gasteiger partial charge >= 0.3 is 5.97 Å². The molecule has 1 unspecified atom stereocenters. The third-order valence-electron chi connectivity index (χ3n) is 3.31. The highest BCUT2D eigenvalue weighted by Gasteiger charge is 2.23. The summed E-state index contributed by atoms with van der Waals surface area (Å²) in [6.07, 6.45) is 1.13. The Labute approximate surface area is 131 Å². The monoisotopic (exact) mass is 307 g/mol. The topological polar surface area (TPSA) is 75.6 Å². The third kappa shape index (κ3) is 6.26. The minimum absolute atomic E-state index is 0.0280. The van der Waals surface area contributed by atoms with Crippen LogP contribution in [0.3, 0.4) is 0 Å². The van der Waals surface area contributed by atoms with E-state index in [4.69, 9.17) is 4.74 Å². The number of carbonyl (C=O) groups excluding carboxylic acids is 1. The van der Waals surface area contributed by atoms with E-state index in [-0.39, 0.29) is 11.3 Å². The first-order valence-corrected chi connectivity index (χ1v) is 7.34. The summed E-state index contributed by atoms with van der Waals surface area (Å²) in [5.74, 6) is -1.38. The van der Waals surface area contributed by atoms with Crippen LogP contribution in [0, 0.1) is 5.41 Å². The molecule has 1 atom stereocenters. The molecular weight excluding hydrogens is 282 g/mol. The summed E-state index contributed by atoms with van der Waals surface area (Å²) in [7, 11) is 1.60. The van der Waals surface area contributed by atoms with E-state index >= 15 is 0 Å². The standard InChI is InChI=1S/C17H25NO4/c1-17(2,3)10-9-14(16(20)21)18-15(19)13-7-5-12(6-8-13)11-22-4/h5-8,14H,9-11H2,1-4H3,(H,18,19)(H,20,21). The Morgan fingerprint density at radius 3 is 2.27 bits per heavy atom. The average molecular weight is 307 g/mol. The van der Waals surface area contributed by atoms with Crippen LogP contribution in [0.25, 0.3) is 0 Å². The Morgan fingerprint density at radius 2 is 1.82 bits per heavy atom. The molecule has 22 heavy (non-hydrogen) atoms. The Hall–Kier alpha value is -1.88. The van der Waals surface area contributed by atoms with E-state index in [0.717, 1.165) is 12.0 Å². The second-order valence-electron chi connectivity index (χ2n) is 6.59. The van der Waals surface area contributed by atoms with Gasteiger partial charge in [0.05, 0.1) is 6.61 Å². The zero-order valence-corrected chi connectivity index (χ0v) is 13.7. The van der Waals surface area contributed by atoms with Crippen LogP contribution < -0.4 is 5.32 Å². The molecule has 5 nitrogen and oxygen atoms in total. The molecule has 0 heterocycles. The van der Waals surface area contributed by atoms with Gasteiger partial charge in [-0.25, -0.2) is 4.79 Å². The number of nitrogens with one attached hydrogen (secondary N) is 1. The van der Waals surface area contributed by atoms with Crippen LogP contribution in [0.2, 0.25) is 0 Å². The molecule has 0 aliphatic rings. The molecule has 122 valence electrons. The maximum atomic E-state index is 12.1. The molecule has 0 radical (unpaired) electrons. The second-order valence-corrected chi connectivity index (χ2v) is 6.59. The van der Waals surface area contributed by atoms with Crippen molar-refractivity contribution in [2.45, 2.75) is 46.3 Å². The molecule has 1 aromatic rings. The summed E-state index contributed by atoms with van der Waals surface area (Å²) in [6.45, 7) is 6.61. The molecule has 0 saturated heterocycles. The lowest BCUT2D eigenvalue weighted by atomic mass is 9.88. The number of methoxy groups -OCH3 is 1. The van der Waals surface area contributed by atoms with Crippen LogP contribution in [0.4, 0.5) is 0 Å². The van der Waals surface area contributed by atoms with E-state index in [1.807, 2.05) is 20.8 Å². The fraction of sp³-hybridized carbons (Fsp3) is 0.529. The van der Waals surface area contributed by atoms with E-state index in [1.165, 1.54) is 0 Å². The van der Waals surface area contributed by atoms with Gasteiger partial charge in [0.2, 0.25) is 0 Å². The number of hydrogen-bond donors (Lipinski definition) is 2. The van der Waals surface area contributed by atoms with Gasteiger partial charge in [0.1, 0.15) is 6.04 Å². The van der Waals surface area contributed by atoms with Gasteiger partial charge in [0, 0.05) is 12.7 Å². The Balaban J connectivity index is 2.68. The van der Waals surface area contributed by atoms with Crippen LogP contribution in [0.1, 0.15) is 49.5 Å². The number of aliphatic carboxylic acids is 1. The molecule has 0 aliphatic heterocycles. The smallest absolute Gasteiger partial charge is 0.326 e. The van der Waals surface area contributed by atoms with Gasteiger partial charge in [0.15, 0.2) is 0 Å². The zero-order valence-electron chi connectivity index (χ0n) is 13.7. The lowest BCUT2D eigenvalue weighted by Crippen LogP contribution is -2.41. The van der Waals surface area contributed by atoms with Gasteiger partial charge in [0.25, 0.3) is 5.91 Å². The van der Waals surface area contributed by atoms with Gasteiger partial charge in [-0.15, -0.1) is 0 Å². The predicted molar refractivity (Wildman–Crippen MR) is 84.7 cm³/mol. The Bertz CT molecular complexity index is 502. The minimum Gasteiger partial charge on any atom is -0.480 e. The van der Waals surface area contributed by atoms with Crippen molar-refractivity contribution in [1.29, 1.82) is 0 Å². The van der Waals surface area contributed by atoms with Crippen LogP contribution in [-0.2, 0) is 16.1 Å². The Morgan fingerprint density at radius 1 is 1.23 bits per heavy atom. The first kappa shape index (κ1) is 18.2. The minimum atomic E-state index is -1.01. The van der Waals surface area contributed by atoms with E-state index in [9.17, 15) is 14.7 Å². The highest BCUT2D eigenvalue weighted by atomic mass is 16.5. The van der Waals surface area contributed by atoms with Crippen molar-refractivity contribution in [3.05, 3.63) is 35.4 Å². The normalized spacial score (nSPS) is 12.7. The van der Waals surface area contributed by atoms with Crippen LogP contribution in [0.5, 0.6) is 0 Å². The summed E-state index contributed by atoms with van der Waals surface area (Å²) in [4.78, 5) is 23.4. The van der Waals surface area contributed by atoms with Crippen molar-refractivity contribution in [3.63, 3.8) is 0 Å². The SMILES string of the molecule is COCc1ccc(C(=O)NC(CCC(C)(C)C)C(=O)O)cc1. The molecule has 2 N–H and O–H groups in total. The van der Waals surface area contributed by atoms with E-state index in [2.05, 4.69) is 5.32 Å². The highest BCUT2D eigenvalue weighted by Crippen LogP contribution is 2.21. The van der Waals surface area contributed by atoms with Gasteiger partial charge in [-0.1, -0.05) is 32.9 Å². The van der Waals surface area contributed by atoms with Crippen molar-refractivity contribution >= 4 is 11.9 Å². The number of amides is 1.